The van der Waals surface area contributed by atoms with Crippen molar-refractivity contribution in [1.82, 2.24) is 9.97 Å². The second kappa shape index (κ2) is 5.06. The van der Waals surface area contributed by atoms with Crippen LogP contribution in [0.25, 0.3) is 0 Å². The van der Waals surface area contributed by atoms with Crippen molar-refractivity contribution in [2.75, 3.05) is 23.9 Å². The minimum atomic E-state index is -1.19. The van der Waals surface area contributed by atoms with Crippen LogP contribution in [0.3, 0.4) is 0 Å². The molecule has 90 valence electrons. The van der Waals surface area contributed by atoms with E-state index < -0.39 is 5.60 Å². The molecule has 0 radical (unpaired) electrons. The summed E-state index contributed by atoms with van der Waals surface area (Å²) in [5.74, 6) is 6.82. The molecule has 7 nitrogen and oxygen atoms in total. The van der Waals surface area contributed by atoms with Gasteiger partial charge >= 0.3 is 0 Å². The Hall–Kier alpha value is -1.44. The van der Waals surface area contributed by atoms with Gasteiger partial charge in [-0.15, -0.1) is 0 Å². The van der Waals surface area contributed by atoms with Crippen molar-refractivity contribution in [3.8, 4) is 0 Å². The Bertz CT molecular complexity index is 356. The van der Waals surface area contributed by atoms with Crippen LogP contribution >= 0.6 is 0 Å². The predicted molar refractivity (Wildman–Crippen MR) is 60.8 cm³/mol. The third kappa shape index (κ3) is 3.61. The van der Waals surface area contributed by atoms with E-state index in [0.29, 0.717) is 17.5 Å². The second-order valence-electron chi connectivity index (χ2n) is 3.84. The van der Waals surface area contributed by atoms with Crippen molar-refractivity contribution in [3.63, 3.8) is 0 Å². The first-order valence-electron chi connectivity index (χ1n) is 4.86. The highest BCUT2D eigenvalue weighted by atomic mass is 16.3. The highest BCUT2D eigenvalue weighted by Crippen LogP contribution is 2.11. The molecule has 0 aromatic carbocycles. The van der Waals surface area contributed by atoms with E-state index in [0.717, 1.165) is 0 Å². The van der Waals surface area contributed by atoms with Crippen LogP contribution in [0.15, 0.2) is 6.07 Å². The Balaban J connectivity index is 2.70. The monoisotopic (exact) mass is 227 g/mol. The first-order chi connectivity index (χ1) is 7.46. The number of hydrogen-bond donors (Lipinski definition) is 5. The van der Waals surface area contributed by atoms with Crippen molar-refractivity contribution < 1.29 is 10.2 Å². The summed E-state index contributed by atoms with van der Waals surface area (Å²) < 4.78 is 0. The van der Waals surface area contributed by atoms with E-state index in [9.17, 15) is 5.11 Å². The Morgan fingerprint density at radius 3 is 2.62 bits per heavy atom. The molecule has 0 aliphatic heterocycles. The van der Waals surface area contributed by atoms with E-state index in [1.54, 1.807) is 13.0 Å². The van der Waals surface area contributed by atoms with E-state index >= 15 is 0 Å². The molecule has 1 aromatic heterocycles. The fourth-order valence-corrected chi connectivity index (χ4v) is 1.07. The average Bonchev–Trinajstić information content (AvgIpc) is 2.26. The summed E-state index contributed by atoms with van der Waals surface area (Å²) in [5.41, 5.74) is 1.23. The number of nitrogens with one attached hydrogen (secondary N) is 2. The smallest absolute Gasteiger partial charge is 0.145 e. The molecule has 0 saturated carbocycles. The number of hydrazine groups is 1. The molecule has 1 rings (SSSR count). The lowest BCUT2D eigenvalue weighted by molar-refractivity contribution is 0.0131. The van der Waals surface area contributed by atoms with Crippen LogP contribution in [0.4, 0.5) is 11.6 Å². The molecule has 0 amide bonds. The molecule has 1 unspecified atom stereocenters. The first kappa shape index (κ1) is 12.6. The molecule has 0 spiro atoms. The van der Waals surface area contributed by atoms with Gasteiger partial charge in [-0.05, 0) is 13.8 Å². The van der Waals surface area contributed by atoms with Crippen molar-refractivity contribution >= 4 is 11.6 Å². The Morgan fingerprint density at radius 2 is 2.06 bits per heavy atom. The molecule has 0 fully saturated rings. The summed E-state index contributed by atoms with van der Waals surface area (Å²) in [4.78, 5) is 8.13. The molecular weight excluding hydrogens is 210 g/mol. The van der Waals surface area contributed by atoms with E-state index in [1.807, 2.05) is 0 Å². The van der Waals surface area contributed by atoms with Gasteiger partial charge in [-0.3, -0.25) is 0 Å². The molecule has 16 heavy (non-hydrogen) atoms. The predicted octanol–water partition coefficient (Wildman–Crippen LogP) is -0.774. The number of rotatable bonds is 5. The fourth-order valence-electron chi connectivity index (χ4n) is 1.07. The van der Waals surface area contributed by atoms with Crippen molar-refractivity contribution in [2.45, 2.75) is 19.4 Å². The van der Waals surface area contributed by atoms with Gasteiger partial charge in [-0.2, -0.15) is 0 Å². The topological polar surface area (TPSA) is 116 Å². The second-order valence-corrected chi connectivity index (χ2v) is 3.84. The van der Waals surface area contributed by atoms with Crippen LogP contribution in [-0.2, 0) is 0 Å². The molecular formula is C9H17N5O2. The van der Waals surface area contributed by atoms with Crippen LogP contribution in [0.5, 0.6) is 0 Å². The highest BCUT2D eigenvalue weighted by Gasteiger charge is 2.18. The molecule has 6 N–H and O–H groups in total. The molecule has 1 heterocycles. The molecule has 0 saturated heterocycles. The third-order valence-corrected chi connectivity index (χ3v) is 1.98. The SMILES string of the molecule is Cc1nc(NN)cc(NCC(C)(O)CO)n1. The third-order valence-electron chi connectivity index (χ3n) is 1.98. The van der Waals surface area contributed by atoms with Gasteiger partial charge in [0.2, 0.25) is 0 Å². The number of aliphatic hydroxyl groups excluding tert-OH is 1. The van der Waals surface area contributed by atoms with Gasteiger partial charge in [0.15, 0.2) is 0 Å². The molecule has 1 aromatic rings. The average molecular weight is 227 g/mol. The van der Waals surface area contributed by atoms with Gasteiger partial charge in [0, 0.05) is 12.6 Å². The Morgan fingerprint density at radius 1 is 1.44 bits per heavy atom. The lowest BCUT2D eigenvalue weighted by Crippen LogP contribution is -2.37. The number of anilines is 2. The maximum Gasteiger partial charge on any atom is 0.145 e. The van der Waals surface area contributed by atoms with Gasteiger partial charge < -0.3 is 21.0 Å². The Kier molecular flexibility index (Phi) is 3.99. The zero-order valence-corrected chi connectivity index (χ0v) is 9.36. The number of nitrogens with two attached hydrogens (primary N) is 1. The van der Waals surface area contributed by atoms with Crippen molar-refractivity contribution in [3.05, 3.63) is 11.9 Å². The maximum absolute atomic E-state index is 9.58. The number of aryl methyl sites for hydroxylation is 1. The van der Waals surface area contributed by atoms with Crippen molar-refractivity contribution in [2.24, 2.45) is 5.84 Å². The number of hydrogen-bond acceptors (Lipinski definition) is 7. The van der Waals surface area contributed by atoms with Gasteiger partial charge in [-0.25, -0.2) is 15.8 Å². The number of nitrogens with zero attached hydrogens (tertiary/aromatic N) is 2. The summed E-state index contributed by atoms with van der Waals surface area (Å²) in [5, 5.41) is 21.4. The number of nitrogen functional groups attached to an aromatic ring is 1. The number of aromatic nitrogens is 2. The van der Waals surface area contributed by atoms with Crippen LogP contribution in [-0.4, -0.2) is 38.9 Å². The standard InChI is InChI=1S/C9H17N5O2/c1-6-12-7(3-8(13-6)14-10)11-4-9(2,16)5-15/h3,15-16H,4-5,10H2,1-2H3,(H2,11,12,13,14). The first-order valence-corrected chi connectivity index (χ1v) is 4.86. The van der Waals surface area contributed by atoms with Crippen LogP contribution < -0.4 is 16.6 Å². The van der Waals surface area contributed by atoms with Crippen molar-refractivity contribution in [1.29, 1.82) is 0 Å². The van der Waals surface area contributed by atoms with Gasteiger partial charge in [-0.1, -0.05) is 0 Å². The highest BCUT2D eigenvalue weighted by molar-refractivity contribution is 5.46. The number of aliphatic hydroxyl groups is 2. The molecule has 0 aliphatic carbocycles. The van der Waals surface area contributed by atoms with Crippen LogP contribution in [0.2, 0.25) is 0 Å². The largest absolute Gasteiger partial charge is 0.393 e. The summed E-state index contributed by atoms with van der Waals surface area (Å²) >= 11 is 0. The lowest BCUT2D eigenvalue weighted by atomic mass is 10.1. The van der Waals surface area contributed by atoms with Crippen LogP contribution in [0, 0.1) is 6.92 Å². The van der Waals surface area contributed by atoms with Crippen LogP contribution in [0.1, 0.15) is 12.7 Å². The quantitative estimate of drug-likeness (QED) is 0.331. The van der Waals surface area contributed by atoms with Gasteiger partial charge in [0.05, 0.1) is 6.61 Å². The zero-order chi connectivity index (χ0) is 12.2. The summed E-state index contributed by atoms with van der Waals surface area (Å²) in [6.07, 6.45) is 0. The molecule has 7 heteroatoms. The fraction of sp³-hybridized carbons (Fsp3) is 0.556. The Labute approximate surface area is 93.7 Å². The van der Waals surface area contributed by atoms with Gasteiger partial charge in [0.25, 0.3) is 0 Å². The minimum Gasteiger partial charge on any atom is -0.393 e. The van der Waals surface area contributed by atoms with E-state index in [2.05, 4.69) is 20.7 Å². The summed E-state index contributed by atoms with van der Waals surface area (Å²) in [6.45, 7) is 3.11. The maximum atomic E-state index is 9.58. The summed E-state index contributed by atoms with van der Waals surface area (Å²) in [6, 6.07) is 1.61. The lowest BCUT2D eigenvalue weighted by Gasteiger charge is -2.21. The zero-order valence-electron chi connectivity index (χ0n) is 9.36. The van der Waals surface area contributed by atoms with Gasteiger partial charge in [0.1, 0.15) is 23.1 Å². The molecule has 1 atom stereocenters. The summed E-state index contributed by atoms with van der Waals surface area (Å²) in [7, 11) is 0. The van der Waals surface area contributed by atoms with E-state index in [1.165, 1.54) is 6.92 Å². The van der Waals surface area contributed by atoms with E-state index in [4.69, 9.17) is 10.9 Å². The molecule has 0 bridgehead atoms. The normalized spacial score (nSPS) is 14.3. The minimum absolute atomic E-state index is 0.184. The molecule has 0 aliphatic rings. The van der Waals surface area contributed by atoms with E-state index in [-0.39, 0.29) is 13.2 Å².